The van der Waals surface area contributed by atoms with Gasteiger partial charge < -0.3 is 9.80 Å². The molecule has 9 heteroatoms. The maximum atomic E-state index is 13.6. The standard InChI is InChI=1S/C22H21FN4O3S/c23-16-5-3-4-15(12-16)13-27-19(28)14-31(30)22(27)8-10-26(11-9-22)21(29)20-17-6-1-2-7-18(17)24-25-20/h1-7,12H,8-11,13-14H2,(H,24,25). The minimum absolute atomic E-state index is 0.0345. The van der Waals surface area contributed by atoms with Crippen LogP contribution >= 0.6 is 0 Å². The van der Waals surface area contributed by atoms with Crippen LogP contribution in [0.5, 0.6) is 0 Å². The van der Waals surface area contributed by atoms with Gasteiger partial charge in [-0.05, 0) is 23.8 Å². The zero-order chi connectivity index (χ0) is 21.6. The van der Waals surface area contributed by atoms with Crippen LogP contribution in [0.4, 0.5) is 4.39 Å². The number of likely N-dealkylation sites (tertiary alicyclic amines) is 1. The number of halogens is 1. The van der Waals surface area contributed by atoms with Gasteiger partial charge in [-0.1, -0.05) is 30.3 Å². The summed E-state index contributed by atoms with van der Waals surface area (Å²) in [6.45, 7) is 0.956. The Morgan fingerprint density at radius 2 is 1.94 bits per heavy atom. The number of hydrogen-bond acceptors (Lipinski definition) is 4. The van der Waals surface area contributed by atoms with Gasteiger partial charge in [0, 0.05) is 37.9 Å². The maximum Gasteiger partial charge on any atom is 0.274 e. The normalized spacial score (nSPS) is 20.7. The predicted octanol–water partition coefficient (Wildman–Crippen LogP) is 2.43. The summed E-state index contributed by atoms with van der Waals surface area (Å²) in [5, 5.41) is 7.83. The molecule has 5 rings (SSSR count). The molecular formula is C22H21FN4O3S. The summed E-state index contributed by atoms with van der Waals surface area (Å²) in [6, 6.07) is 13.5. The van der Waals surface area contributed by atoms with Gasteiger partial charge in [0.25, 0.3) is 5.91 Å². The van der Waals surface area contributed by atoms with Crippen LogP contribution in [0.1, 0.15) is 28.9 Å². The third kappa shape index (κ3) is 3.33. The highest BCUT2D eigenvalue weighted by molar-refractivity contribution is 7.87. The van der Waals surface area contributed by atoms with Crippen molar-refractivity contribution in [2.45, 2.75) is 24.3 Å². The van der Waals surface area contributed by atoms with Gasteiger partial charge in [0.1, 0.15) is 16.4 Å². The van der Waals surface area contributed by atoms with Crippen molar-refractivity contribution in [2.75, 3.05) is 18.8 Å². The number of nitrogens with zero attached hydrogens (tertiary/aromatic N) is 3. The van der Waals surface area contributed by atoms with E-state index >= 15 is 0 Å². The smallest absolute Gasteiger partial charge is 0.274 e. The van der Waals surface area contributed by atoms with Gasteiger partial charge in [-0.15, -0.1) is 0 Å². The Kier molecular flexibility index (Phi) is 4.85. The molecule has 2 amide bonds. The molecule has 3 aromatic rings. The molecule has 31 heavy (non-hydrogen) atoms. The fourth-order valence-corrected chi connectivity index (χ4v) is 6.26. The molecular weight excluding hydrogens is 419 g/mol. The van der Waals surface area contributed by atoms with Crippen LogP contribution in [-0.2, 0) is 22.1 Å². The van der Waals surface area contributed by atoms with Crippen LogP contribution in [0.25, 0.3) is 10.9 Å². The first-order valence-corrected chi connectivity index (χ1v) is 11.5. The SMILES string of the molecule is O=C(c1n[nH]c2ccccc12)N1CCC2(CC1)N(Cc1cccc(F)c1)C(=O)CS2=O. The van der Waals surface area contributed by atoms with Crippen molar-refractivity contribution >= 4 is 33.5 Å². The highest BCUT2D eigenvalue weighted by Crippen LogP contribution is 2.39. The number of aromatic nitrogens is 2. The second kappa shape index (κ2) is 7.56. The topological polar surface area (TPSA) is 86.4 Å². The number of piperidine rings is 1. The number of para-hydroxylation sites is 1. The van der Waals surface area contributed by atoms with E-state index in [9.17, 15) is 18.2 Å². The highest BCUT2D eigenvalue weighted by Gasteiger charge is 2.53. The largest absolute Gasteiger partial charge is 0.337 e. The minimum atomic E-state index is -1.37. The molecule has 2 fully saturated rings. The fraction of sp³-hybridized carbons (Fsp3) is 0.318. The first-order chi connectivity index (χ1) is 15.0. The van der Waals surface area contributed by atoms with Crippen molar-refractivity contribution in [2.24, 2.45) is 0 Å². The van der Waals surface area contributed by atoms with Gasteiger partial charge >= 0.3 is 0 Å². The van der Waals surface area contributed by atoms with E-state index in [-0.39, 0.29) is 29.9 Å². The monoisotopic (exact) mass is 440 g/mol. The Hall–Kier alpha value is -3.07. The van der Waals surface area contributed by atoms with E-state index in [0.717, 1.165) is 10.9 Å². The Morgan fingerprint density at radius 3 is 2.71 bits per heavy atom. The second-order valence-corrected chi connectivity index (χ2v) is 9.70. The number of carbonyl (C=O) groups excluding carboxylic acids is 2. The van der Waals surface area contributed by atoms with Gasteiger partial charge in [-0.2, -0.15) is 5.10 Å². The Labute approximate surface area is 180 Å². The van der Waals surface area contributed by atoms with E-state index in [0.29, 0.717) is 37.2 Å². The lowest BCUT2D eigenvalue weighted by molar-refractivity contribution is -0.131. The zero-order valence-electron chi connectivity index (χ0n) is 16.7. The summed E-state index contributed by atoms with van der Waals surface area (Å²) in [5.74, 6) is -0.779. The number of hydrogen-bond donors (Lipinski definition) is 1. The number of fused-ring (bicyclic) bond motifs is 1. The van der Waals surface area contributed by atoms with Crippen molar-refractivity contribution in [1.82, 2.24) is 20.0 Å². The molecule has 2 saturated heterocycles. The number of nitrogens with one attached hydrogen (secondary N) is 1. The summed E-state index contributed by atoms with van der Waals surface area (Å²) in [5.41, 5.74) is 1.82. The van der Waals surface area contributed by atoms with Gasteiger partial charge in [0.05, 0.1) is 16.3 Å². The zero-order valence-corrected chi connectivity index (χ0v) is 17.5. The molecule has 1 spiro atoms. The molecule has 1 aromatic heterocycles. The van der Waals surface area contributed by atoms with Gasteiger partial charge in [-0.25, -0.2) is 4.39 Å². The molecule has 0 bridgehead atoms. The lowest BCUT2D eigenvalue weighted by Crippen LogP contribution is -2.55. The average Bonchev–Trinajstić information content (AvgIpc) is 3.29. The molecule has 0 aliphatic carbocycles. The molecule has 2 aromatic carbocycles. The minimum Gasteiger partial charge on any atom is -0.337 e. The van der Waals surface area contributed by atoms with E-state index in [2.05, 4.69) is 10.2 Å². The maximum absolute atomic E-state index is 13.6. The average molecular weight is 441 g/mol. The molecule has 1 N–H and O–H groups in total. The van der Waals surface area contributed by atoms with Crippen LogP contribution in [0.15, 0.2) is 48.5 Å². The molecule has 1 atom stereocenters. The first-order valence-electron chi connectivity index (χ1n) is 10.1. The van der Waals surface area contributed by atoms with E-state index in [1.165, 1.54) is 12.1 Å². The van der Waals surface area contributed by atoms with Crippen molar-refractivity contribution in [1.29, 1.82) is 0 Å². The molecule has 0 radical (unpaired) electrons. The summed E-state index contributed by atoms with van der Waals surface area (Å²) in [6.07, 6.45) is 0.823. The van der Waals surface area contributed by atoms with Gasteiger partial charge in [0.2, 0.25) is 5.91 Å². The van der Waals surface area contributed by atoms with E-state index in [1.54, 1.807) is 21.9 Å². The molecule has 160 valence electrons. The number of carbonyl (C=O) groups is 2. The number of aromatic amines is 1. The summed E-state index contributed by atoms with van der Waals surface area (Å²) in [4.78, 5) is 28.2. The third-order valence-corrected chi connectivity index (χ3v) is 8.19. The van der Waals surface area contributed by atoms with Crippen LogP contribution in [0.2, 0.25) is 0 Å². The molecule has 2 aliphatic rings. The van der Waals surface area contributed by atoms with Crippen molar-refractivity contribution < 1.29 is 18.2 Å². The molecule has 2 aliphatic heterocycles. The van der Waals surface area contributed by atoms with E-state index in [4.69, 9.17) is 0 Å². The number of amides is 2. The quantitative estimate of drug-likeness (QED) is 0.678. The van der Waals surface area contributed by atoms with Crippen molar-refractivity contribution in [3.8, 4) is 0 Å². The van der Waals surface area contributed by atoms with Crippen molar-refractivity contribution in [3.63, 3.8) is 0 Å². The fourth-order valence-electron chi connectivity index (χ4n) is 4.56. The molecule has 3 heterocycles. The number of rotatable bonds is 3. The Balaban J connectivity index is 1.36. The van der Waals surface area contributed by atoms with E-state index in [1.807, 2.05) is 24.3 Å². The lowest BCUT2D eigenvalue weighted by Gasteiger charge is -2.43. The molecule has 7 nitrogen and oxygen atoms in total. The summed E-state index contributed by atoms with van der Waals surface area (Å²) in [7, 11) is -1.37. The number of benzene rings is 2. The van der Waals surface area contributed by atoms with Crippen LogP contribution in [-0.4, -0.2) is 59.7 Å². The Morgan fingerprint density at radius 1 is 1.16 bits per heavy atom. The van der Waals surface area contributed by atoms with Crippen LogP contribution < -0.4 is 0 Å². The summed E-state index contributed by atoms with van der Waals surface area (Å²) >= 11 is 0. The third-order valence-electron chi connectivity index (χ3n) is 6.21. The lowest BCUT2D eigenvalue weighted by atomic mass is 10.0. The number of H-pyrrole nitrogens is 1. The van der Waals surface area contributed by atoms with Crippen molar-refractivity contribution in [3.05, 3.63) is 65.6 Å². The highest BCUT2D eigenvalue weighted by atomic mass is 32.2. The second-order valence-electron chi connectivity index (χ2n) is 7.96. The van der Waals surface area contributed by atoms with Gasteiger partial charge in [0.15, 0.2) is 5.69 Å². The van der Waals surface area contributed by atoms with E-state index < -0.39 is 15.7 Å². The molecule has 1 unspecified atom stereocenters. The predicted molar refractivity (Wildman–Crippen MR) is 114 cm³/mol. The van der Waals surface area contributed by atoms with Crippen LogP contribution in [0.3, 0.4) is 0 Å². The summed E-state index contributed by atoms with van der Waals surface area (Å²) < 4.78 is 26.6. The first kappa shape index (κ1) is 19.9. The van der Waals surface area contributed by atoms with Gasteiger partial charge in [-0.3, -0.25) is 18.9 Å². The Bertz CT molecular complexity index is 1200. The van der Waals surface area contributed by atoms with Crippen LogP contribution in [0, 0.1) is 5.82 Å². The molecule has 0 saturated carbocycles.